The van der Waals surface area contributed by atoms with Crippen molar-refractivity contribution in [3.05, 3.63) is 35.3 Å². The normalized spacial score (nSPS) is 10.8. The van der Waals surface area contributed by atoms with Crippen LogP contribution in [0.4, 0.5) is 5.88 Å². The molecule has 0 aliphatic heterocycles. The van der Waals surface area contributed by atoms with Gasteiger partial charge in [-0.2, -0.15) is 10.4 Å². The quantitative estimate of drug-likeness (QED) is 0.617. The molecule has 2 rings (SSSR count). The molecule has 0 spiro atoms. The lowest BCUT2D eigenvalue weighted by molar-refractivity contribution is 0.311. The molecule has 0 unspecified atom stereocenters. The highest BCUT2D eigenvalue weighted by atomic mass is 16.5. The van der Waals surface area contributed by atoms with Gasteiger partial charge in [-0.3, -0.25) is 0 Å². The zero-order valence-corrected chi connectivity index (χ0v) is 14.2. The van der Waals surface area contributed by atoms with Crippen molar-refractivity contribution in [1.82, 2.24) is 4.98 Å². The molecule has 1 N–H and O–H groups in total. The lowest BCUT2D eigenvalue weighted by Gasteiger charge is -2.09. The third-order valence-corrected chi connectivity index (χ3v) is 3.11. The number of nitriles is 1. The first-order valence-corrected chi connectivity index (χ1v) is 7.59. The minimum Gasteiger partial charge on any atom is -0.493 e. The Morgan fingerprint density at radius 1 is 1.42 bits per heavy atom. The van der Waals surface area contributed by atoms with E-state index in [0.29, 0.717) is 24.0 Å². The molecule has 0 bridgehead atoms. The Hall–Kier alpha value is -3.01. The van der Waals surface area contributed by atoms with Gasteiger partial charge in [0.1, 0.15) is 6.07 Å². The fraction of sp³-hybridized carbons (Fsp3) is 0.353. The predicted molar refractivity (Wildman–Crippen MR) is 90.7 cm³/mol. The Kier molecular flexibility index (Phi) is 5.79. The maximum Gasteiger partial charge on any atom is 0.252 e. The number of aromatic nitrogens is 1. The van der Waals surface area contributed by atoms with Crippen LogP contribution in [0, 0.1) is 11.3 Å². The molecule has 0 radical (unpaired) electrons. The average molecular weight is 328 g/mol. The van der Waals surface area contributed by atoms with Gasteiger partial charge in [-0.1, -0.05) is 13.8 Å². The number of nitrogens with zero attached hydrogens (tertiary/aromatic N) is 3. The molecule has 2 aromatic rings. The monoisotopic (exact) mass is 328 g/mol. The number of nitrogens with one attached hydrogen (secondary N) is 1. The maximum atomic E-state index is 9.08. The number of rotatable bonds is 7. The van der Waals surface area contributed by atoms with E-state index < -0.39 is 0 Å². The number of methoxy groups -OCH3 is 1. The summed E-state index contributed by atoms with van der Waals surface area (Å²) in [6, 6.07) is 7.45. The van der Waals surface area contributed by atoms with E-state index in [1.165, 1.54) is 0 Å². The highest BCUT2D eigenvalue weighted by Gasteiger charge is 2.14. The number of oxazole rings is 1. The molecule has 0 aliphatic rings. The minimum atomic E-state index is 0.0898. The highest BCUT2D eigenvalue weighted by Crippen LogP contribution is 2.27. The summed E-state index contributed by atoms with van der Waals surface area (Å²) in [7, 11) is 1.58. The highest BCUT2D eigenvalue weighted by molar-refractivity contribution is 5.81. The summed E-state index contributed by atoms with van der Waals surface area (Å²) in [5.41, 5.74) is 3.70. The molecule has 126 valence electrons. The fourth-order valence-corrected chi connectivity index (χ4v) is 1.94. The number of hydrogen-bond acceptors (Lipinski definition) is 7. The largest absolute Gasteiger partial charge is 0.493 e. The number of hydrogen-bond donors (Lipinski definition) is 1. The number of hydrazone groups is 1. The molecular weight excluding hydrogens is 308 g/mol. The van der Waals surface area contributed by atoms with Crippen LogP contribution in [0.5, 0.6) is 11.5 Å². The summed E-state index contributed by atoms with van der Waals surface area (Å²) in [5.74, 6) is 2.11. The van der Waals surface area contributed by atoms with Crippen LogP contribution in [-0.2, 0) is 0 Å². The van der Waals surface area contributed by atoms with Crippen LogP contribution < -0.4 is 14.9 Å². The van der Waals surface area contributed by atoms with Crippen molar-refractivity contribution in [2.45, 2.75) is 26.7 Å². The van der Waals surface area contributed by atoms with Gasteiger partial charge in [0.25, 0.3) is 5.88 Å². The molecule has 0 saturated heterocycles. The van der Waals surface area contributed by atoms with E-state index in [4.69, 9.17) is 19.2 Å². The van der Waals surface area contributed by atoms with Gasteiger partial charge in [-0.15, -0.1) is 0 Å². The van der Waals surface area contributed by atoms with E-state index in [9.17, 15) is 0 Å². The van der Waals surface area contributed by atoms with Gasteiger partial charge in [0.2, 0.25) is 11.6 Å². The molecule has 1 heterocycles. The lowest BCUT2D eigenvalue weighted by atomic mass is 10.2. The average Bonchev–Trinajstić information content (AvgIpc) is 3.00. The third-order valence-electron chi connectivity index (χ3n) is 3.11. The summed E-state index contributed by atoms with van der Waals surface area (Å²) >= 11 is 0. The number of anilines is 1. The van der Waals surface area contributed by atoms with Crippen molar-refractivity contribution in [3.63, 3.8) is 0 Å². The molecule has 0 atom stereocenters. The Bertz CT molecular complexity index is 760. The van der Waals surface area contributed by atoms with Crippen LogP contribution in [0.2, 0.25) is 0 Å². The van der Waals surface area contributed by atoms with Gasteiger partial charge >= 0.3 is 0 Å². The Morgan fingerprint density at radius 2 is 2.21 bits per heavy atom. The molecule has 0 aliphatic carbocycles. The Morgan fingerprint density at radius 3 is 2.83 bits per heavy atom. The lowest BCUT2D eigenvalue weighted by Crippen LogP contribution is -1.97. The van der Waals surface area contributed by atoms with Crippen molar-refractivity contribution < 1.29 is 13.9 Å². The van der Waals surface area contributed by atoms with Crippen LogP contribution >= 0.6 is 0 Å². The van der Waals surface area contributed by atoms with Gasteiger partial charge in [0.05, 0.1) is 19.9 Å². The van der Waals surface area contributed by atoms with Crippen LogP contribution in [0.1, 0.15) is 43.8 Å². The molecule has 24 heavy (non-hydrogen) atoms. The van der Waals surface area contributed by atoms with E-state index in [0.717, 1.165) is 5.56 Å². The molecule has 1 aromatic carbocycles. The Labute approximate surface area is 140 Å². The van der Waals surface area contributed by atoms with E-state index >= 15 is 0 Å². The third kappa shape index (κ3) is 4.04. The molecule has 7 nitrogen and oxygen atoms in total. The summed E-state index contributed by atoms with van der Waals surface area (Å²) in [4.78, 5) is 4.11. The van der Waals surface area contributed by atoms with Crippen LogP contribution in [0.3, 0.4) is 0 Å². The molecule has 0 saturated carbocycles. The van der Waals surface area contributed by atoms with Crippen molar-refractivity contribution >= 4 is 12.1 Å². The Balaban J connectivity index is 2.13. The van der Waals surface area contributed by atoms with Crippen LogP contribution in [0.25, 0.3) is 0 Å². The van der Waals surface area contributed by atoms with Crippen LogP contribution in [-0.4, -0.2) is 24.9 Å². The first-order chi connectivity index (χ1) is 11.6. The summed E-state index contributed by atoms with van der Waals surface area (Å²) in [6.45, 7) is 6.35. The maximum absolute atomic E-state index is 9.08. The van der Waals surface area contributed by atoms with E-state index in [1.54, 1.807) is 19.4 Å². The number of ether oxygens (including phenoxy) is 2. The number of benzene rings is 1. The standard InChI is InChI=1S/C17H20N4O3/c1-5-23-14-7-6-12(8-15(14)22-4)10-19-21-17-13(9-18)20-16(24-17)11(2)3/h6-8,10-11,21H,5H2,1-4H3/b19-10+. The van der Waals surface area contributed by atoms with Gasteiger partial charge in [0.15, 0.2) is 11.5 Å². The second-order valence-corrected chi connectivity index (χ2v) is 5.21. The minimum absolute atomic E-state index is 0.0898. The van der Waals surface area contributed by atoms with E-state index in [-0.39, 0.29) is 17.5 Å². The topological polar surface area (TPSA) is 92.7 Å². The SMILES string of the molecule is CCOc1ccc(/C=N/Nc2oc(C(C)C)nc2C#N)cc1OC. The molecule has 1 aromatic heterocycles. The first kappa shape index (κ1) is 17.3. The van der Waals surface area contributed by atoms with Gasteiger partial charge < -0.3 is 13.9 Å². The van der Waals surface area contributed by atoms with E-state index in [2.05, 4.69) is 15.5 Å². The summed E-state index contributed by atoms with van der Waals surface area (Å²) in [5, 5.41) is 13.2. The predicted octanol–water partition coefficient (Wildman–Crippen LogP) is 3.52. The zero-order valence-electron chi connectivity index (χ0n) is 14.2. The molecule has 0 amide bonds. The van der Waals surface area contributed by atoms with E-state index in [1.807, 2.05) is 39.0 Å². The second-order valence-electron chi connectivity index (χ2n) is 5.21. The molecular formula is C17H20N4O3. The van der Waals surface area contributed by atoms with Gasteiger partial charge in [0, 0.05) is 5.92 Å². The van der Waals surface area contributed by atoms with Crippen molar-refractivity contribution in [2.75, 3.05) is 19.1 Å². The zero-order chi connectivity index (χ0) is 17.5. The van der Waals surface area contributed by atoms with Gasteiger partial charge in [-0.05, 0) is 30.7 Å². The van der Waals surface area contributed by atoms with Crippen molar-refractivity contribution in [1.29, 1.82) is 5.26 Å². The second kappa shape index (κ2) is 8.02. The van der Waals surface area contributed by atoms with Crippen molar-refractivity contribution in [3.8, 4) is 17.6 Å². The molecule has 0 fully saturated rings. The fourth-order valence-electron chi connectivity index (χ4n) is 1.94. The summed E-state index contributed by atoms with van der Waals surface area (Å²) < 4.78 is 16.3. The smallest absolute Gasteiger partial charge is 0.252 e. The van der Waals surface area contributed by atoms with Crippen LogP contribution in [0.15, 0.2) is 27.7 Å². The van der Waals surface area contributed by atoms with Gasteiger partial charge in [-0.25, -0.2) is 10.4 Å². The first-order valence-electron chi connectivity index (χ1n) is 7.59. The van der Waals surface area contributed by atoms with Crippen molar-refractivity contribution in [2.24, 2.45) is 5.10 Å². The summed E-state index contributed by atoms with van der Waals surface area (Å²) in [6.07, 6.45) is 1.59. The molecule has 7 heteroatoms.